The second-order valence-electron chi connectivity index (χ2n) is 7.98. The molecule has 4 rings (SSSR count). The average molecular weight is 407 g/mol. The summed E-state index contributed by atoms with van der Waals surface area (Å²) in [6.45, 7) is 5.86. The summed E-state index contributed by atoms with van der Waals surface area (Å²) in [6, 6.07) is 14.2. The van der Waals surface area contributed by atoms with E-state index in [1.54, 1.807) is 12.1 Å². The van der Waals surface area contributed by atoms with E-state index in [9.17, 15) is 9.18 Å². The van der Waals surface area contributed by atoms with Crippen LogP contribution in [0.1, 0.15) is 40.4 Å². The maximum atomic E-state index is 13.2. The number of hydrogen-bond donors (Lipinski definition) is 1. The van der Waals surface area contributed by atoms with Gasteiger partial charge in [-0.25, -0.2) is 4.39 Å². The summed E-state index contributed by atoms with van der Waals surface area (Å²) < 4.78 is 18.9. The second-order valence-corrected chi connectivity index (χ2v) is 7.98. The molecule has 2 heterocycles. The highest BCUT2D eigenvalue weighted by Crippen LogP contribution is 2.27. The van der Waals surface area contributed by atoms with Gasteiger partial charge >= 0.3 is 0 Å². The number of nitrogens with one attached hydrogen (secondary N) is 1. The molecule has 3 aromatic rings. The lowest BCUT2D eigenvalue weighted by molar-refractivity contribution is -0.129. The molecular weight excluding hydrogens is 381 g/mol. The molecule has 1 atom stereocenters. The average Bonchev–Trinajstić information content (AvgIpc) is 3.39. The van der Waals surface area contributed by atoms with Crippen LogP contribution in [0.15, 0.2) is 48.5 Å². The number of hydrogen-bond acceptors (Lipinski definition) is 3. The number of aromatic amines is 1. The highest BCUT2D eigenvalue weighted by atomic mass is 19.1. The van der Waals surface area contributed by atoms with Crippen molar-refractivity contribution in [3.05, 3.63) is 82.4 Å². The summed E-state index contributed by atoms with van der Waals surface area (Å²) in [6.07, 6.45) is 1.33. The van der Waals surface area contributed by atoms with Crippen LogP contribution in [-0.4, -0.2) is 34.1 Å². The van der Waals surface area contributed by atoms with Crippen LogP contribution in [0, 0.1) is 19.7 Å². The standard InChI is InChI=1S/C24H26FN3O2/c1-16-6-7-18(10-17(16)2)11-24(29)28-9-8-19(14-28)23-13-21(26-27-23)15-30-22-5-3-4-20(25)12-22/h3-7,10,12-13,19H,8-9,11,14-15H2,1-2H3,(H,26,27). The van der Waals surface area contributed by atoms with Crippen molar-refractivity contribution in [3.63, 3.8) is 0 Å². The molecule has 6 heteroatoms. The quantitative estimate of drug-likeness (QED) is 0.663. The number of amides is 1. The monoisotopic (exact) mass is 407 g/mol. The Hall–Kier alpha value is -3.15. The number of likely N-dealkylation sites (tertiary alicyclic amines) is 1. The number of ether oxygens (including phenoxy) is 1. The van der Waals surface area contributed by atoms with E-state index < -0.39 is 0 Å². The number of halogens is 1. The largest absolute Gasteiger partial charge is 0.487 e. The molecule has 1 unspecified atom stereocenters. The molecule has 5 nitrogen and oxygen atoms in total. The number of benzene rings is 2. The number of nitrogens with zero attached hydrogens (tertiary/aromatic N) is 2. The number of H-pyrrole nitrogens is 1. The molecule has 1 saturated heterocycles. The molecule has 1 aliphatic rings. The zero-order chi connectivity index (χ0) is 21.1. The van der Waals surface area contributed by atoms with Gasteiger partial charge in [0.2, 0.25) is 5.91 Å². The molecule has 2 aromatic carbocycles. The minimum atomic E-state index is -0.325. The zero-order valence-electron chi connectivity index (χ0n) is 17.3. The normalized spacial score (nSPS) is 16.1. The van der Waals surface area contributed by atoms with Crippen molar-refractivity contribution in [2.24, 2.45) is 0 Å². The first-order valence-electron chi connectivity index (χ1n) is 10.2. The Balaban J connectivity index is 1.32. The van der Waals surface area contributed by atoms with Crippen LogP contribution >= 0.6 is 0 Å². The summed E-state index contributed by atoms with van der Waals surface area (Å²) in [5.74, 6) is 0.531. The third kappa shape index (κ3) is 4.70. The minimum absolute atomic E-state index is 0.158. The molecule has 30 heavy (non-hydrogen) atoms. The van der Waals surface area contributed by atoms with Crippen molar-refractivity contribution in [3.8, 4) is 5.75 Å². The van der Waals surface area contributed by atoms with Gasteiger partial charge < -0.3 is 9.64 Å². The van der Waals surface area contributed by atoms with E-state index in [1.807, 2.05) is 17.0 Å². The van der Waals surface area contributed by atoms with E-state index >= 15 is 0 Å². The van der Waals surface area contributed by atoms with Crippen molar-refractivity contribution < 1.29 is 13.9 Å². The predicted molar refractivity (Wildman–Crippen MR) is 113 cm³/mol. The van der Waals surface area contributed by atoms with Crippen LogP contribution in [0.4, 0.5) is 4.39 Å². The van der Waals surface area contributed by atoms with Crippen molar-refractivity contribution >= 4 is 5.91 Å². The number of rotatable bonds is 6. The fraction of sp³-hybridized carbons (Fsp3) is 0.333. The molecule has 1 fully saturated rings. The van der Waals surface area contributed by atoms with Gasteiger partial charge in [-0.15, -0.1) is 0 Å². The Kier molecular flexibility index (Phi) is 5.84. The third-order valence-corrected chi connectivity index (χ3v) is 5.73. The van der Waals surface area contributed by atoms with Crippen LogP contribution in [0.5, 0.6) is 5.75 Å². The number of aryl methyl sites for hydroxylation is 2. The van der Waals surface area contributed by atoms with Gasteiger partial charge in [-0.2, -0.15) is 5.10 Å². The molecule has 1 N–H and O–H groups in total. The van der Waals surface area contributed by atoms with E-state index in [1.165, 1.54) is 23.3 Å². The highest BCUT2D eigenvalue weighted by molar-refractivity contribution is 5.79. The van der Waals surface area contributed by atoms with Crippen LogP contribution in [0.25, 0.3) is 0 Å². The maximum Gasteiger partial charge on any atom is 0.227 e. The lowest BCUT2D eigenvalue weighted by Crippen LogP contribution is -2.29. The molecule has 1 aliphatic heterocycles. The van der Waals surface area contributed by atoms with E-state index in [2.05, 4.69) is 36.2 Å². The summed E-state index contributed by atoms with van der Waals surface area (Å²) >= 11 is 0. The van der Waals surface area contributed by atoms with Gasteiger partial charge in [0.1, 0.15) is 18.2 Å². The Morgan fingerprint density at radius 2 is 2.07 bits per heavy atom. The molecule has 0 saturated carbocycles. The summed E-state index contributed by atoms with van der Waals surface area (Å²) in [4.78, 5) is 14.7. The first-order chi connectivity index (χ1) is 14.5. The fourth-order valence-corrected chi connectivity index (χ4v) is 3.81. The van der Waals surface area contributed by atoms with Crippen LogP contribution in [0.3, 0.4) is 0 Å². The minimum Gasteiger partial charge on any atom is -0.487 e. The predicted octanol–water partition coefficient (Wildman–Crippen LogP) is 4.30. The third-order valence-electron chi connectivity index (χ3n) is 5.73. The first kappa shape index (κ1) is 20.1. The Morgan fingerprint density at radius 3 is 2.87 bits per heavy atom. The maximum absolute atomic E-state index is 13.2. The van der Waals surface area contributed by atoms with E-state index in [0.717, 1.165) is 29.9 Å². The molecule has 1 aromatic heterocycles. The van der Waals surface area contributed by atoms with Gasteiger partial charge in [0.15, 0.2) is 0 Å². The molecule has 0 spiro atoms. The number of aromatic nitrogens is 2. The highest BCUT2D eigenvalue weighted by Gasteiger charge is 2.29. The van der Waals surface area contributed by atoms with Gasteiger partial charge in [-0.05, 0) is 55.2 Å². The Morgan fingerprint density at radius 1 is 1.20 bits per heavy atom. The second kappa shape index (κ2) is 8.69. The molecular formula is C24H26FN3O2. The molecule has 1 amide bonds. The van der Waals surface area contributed by atoms with E-state index in [4.69, 9.17) is 4.74 Å². The topological polar surface area (TPSA) is 58.2 Å². The van der Waals surface area contributed by atoms with E-state index in [-0.39, 0.29) is 17.6 Å². The smallest absolute Gasteiger partial charge is 0.227 e. The fourth-order valence-electron chi connectivity index (χ4n) is 3.81. The molecule has 0 aliphatic carbocycles. The van der Waals surface area contributed by atoms with Gasteiger partial charge in [-0.1, -0.05) is 24.3 Å². The van der Waals surface area contributed by atoms with Crippen LogP contribution < -0.4 is 4.74 Å². The Bertz CT molecular complexity index is 1050. The van der Waals surface area contributed by atoms with Gasteiger partial charge in [-0.3, -0.25) is 9.89 Å². The number of carbonyl (C=O) groups excluding carboxylic acids is 1. The SMILES string of the molecule is Cc1ccc(CC(=O)N2CCC(c3cc(COc4cccc(F)c4)[nH]n3)C2)cc1C. The summed E-state index contributed by atoms with van der Waals surface area (Å²) in [5.41, 5.74) is 5.28. The zero-order valence-corrected chi connectivity index (χ0v) is 17.3. The summed E-state index contributed by atoms with van der Waals surface area (Å²) in [5, 5.41) is 7.40. The molecule has 0 bridgehead atoms. The van der Waals surface area contributed by atoms with Crippen molar-refractivity contribution in [2.45, 2.75) is 39.2 Å². The lowest BCUT2D eigenvalue weighted by Gasteiger charge is -2.16. The van der Waals surface area contributed by atoms with E-state index in [0.29, 0.717) is 25.3 Å². The van der Waals surface area contributed by atoms with Crippen molar-refractivity contribution in [1.82, 2.24) is 15.1 Å². The van der Waals surface area contributed by atoms with Gasteiger partial charge in [0, 0.05) is 25.1 Å². The number of carbonyl (C=O) groups is 1. The van der Waals surface area contributed by atoms with Gasteiger partial charge in [0.25, 0.3) is 0 Å². The lowest BCUT2D eigenvalue weighted by atomic mass is 10.0. The van der Waals surface area contributed by atoms with Crippen LogP contribution in [-0.2, 0) is 17.8 Å². The van der Waals surface area contributed by atoms with Crippen molar-refractivity contribution in [2.75, 3.05) is 13.1 Å². The Labute approximate surface area is 175 Å². The van der Waals surface area contributed by atoms with Crippen molar-refractivity contribution in [1.29, 1.82) is 0 Å². The van der Waals surface area contributed by atoms with Gasteiger partial charge in [0.05, 0.1) is 17.8 Å². The van der Waals surface area contributed by atoms with Crippen LogP contribution in [0.2, 0.25) is 0 Å². The summed E-state index contributed by atoms with van der Waals surface area (Å²) in [7, 11) is 0. The molecule has 0 radical (unpaired) electrons. The first-order valence-corrected chi connectivity index (χ1v) is 10.2. The molecule has 156 valence electrons.